The Morgan fingerprint density at radius 3 is 2.11 bits per heavy atom. The molecule has 0 aromatic heterocycles. The quantitative estimate of drug-likeness (QED) is 0.730. The second-order valence-corrected chi connectivity index (χ2v) is 10.9. The lowest BCUT2D eigenvalue weighted by Crippen LogP contribution is -2.41. The van der Waals surface area contributed by atoms with Gasteiger partial charge in [0.15, 0.2) is 9.84 Å². The van der Waals surface area contributed by atoms with Crippen LogP contribution in [0.15, 0.2) is 23.1 Å². The van der Waals surface area contributed by atoms with E-state index < -0.39 is 39.4 Å². The molecule has 27 heavy (non-hydrogen) atoms. The summed E-state index contributed by atoms with van der Waals surface area (Å²) in [6.07, 6.45) is 1.31. The number of benzene rings is 1. The van der Waals surface area contributed by atoms with Gasteiger partial charge in [-0.3, -0.25) is 0 Å². The van der Waals surface area contributed by atoms with Crippen molar-refractivity contribution in [3.63, 3.8) is 0 Å². The molecule has 2 aliphatic heterocycles. The zero-order valence-corrected chi connectivity index (χ0v) is 17.5. The summed E-state index contributed by atoms with van der Waals surface area (Å²) in [4.78, 5) is -0.268. The van der Waals surface area contributed by atoms with Gasteiger partial charge in [-0.15, -0.1) is 0 Å². The molecule has 8 heteroatoms. The number of halogens is 1. The first-order chi connectivity index (χ1) is 12.4. The first kappa shape index (κ1) is 20.8. The van der Waals surface area contributed by atoms with Crippen molar-refractivity contribution >= 4 is 22.4 Å². The van der Waals surface area contributed by atoms with Crippen LogP contribution in [0.5, 0.6) is 0 Å². The van der Waals surface area contributed by atoms with Gasteiger partial charge >= 0.3 is 7.12 Å². The van der Waals surface area contributed by atoms with E-state index in [0.717, 1.165) is 0 Å². The molecule has 0 N–H and O–H groups in total. The number of hydrogen-bond acceptors (Lipinski definition) is 5. The molecule has 0 bridgehead atoms. The number of sulfone groups is 1. The molecule has 0 unspecified atom stereocenters. The van der Waals surface area contributed by atoms with Crippen molar-refractivity contribution in [2.75, 3.05) is 19.0 Å². The Kier molecular flexibility index (Phi) is 5.25. The fraction of sp³-hybridized carbons (Fsp3) is 0.684. The standard InChI is InChI=1S/C19H28BFO5S/c1-17(2)18(3,4)26-20(25-17)14-6-7-16(15(21)12-14)27(22,23)13-19(5)8-10-24-11-9-19/h6-7,12H,8-11,13H2,1-5H3. The summed E-state index contributed by atoms with van der Waals surface area (Å²) in [6, 6.07) is 4.11. The van der Waals surface area contributed by atoms with E-state index in [4.69, 9.17) is 14.0 Å². The van der Waals surface area contributed by atoms with Gasteiger partial charge in [-0.2, -0.15) is 0 Å². The highest BCUT2D eigenvalue weighted by atomic mass is 32.2. The number of ether oxygens (including phenoxy) is 1. The highest BCUT2D eigenvalue weighted by Gasteiger charge is 2.51. The summed E-state index contributed by atoms with van der Waals surface area (Å²) in [6.45, 7) is 10.6. The van der Waals surface area contributed by atoms with Crippen molar-refractivity contribution < 1.29 is 26.9 Å². The van der Waals surface area contributed by atoms with Crippen LogP contribution in [0.1, 0.15) is 47.5 Å². The second-order valence-electron chi connectivity index (χ2n) is 8.96. The van der Waals surface area contributed by atoms with Gasteiger partial charge in [0, 0.05) is 13.2 Å². The van der Waals surface area contributed by atoms with Crippen molar-refractivity contribution in [3.05, 3.63) is 24.0 Å². The predicted octanol–water partition coefficient (Wildman–Crippen LogP) is 2.72. The van der Waals surface area contributed by atoms with Crippen LogP contribution in [0, 0.1) is 11.2 Å². The Labute approximate surface area is 161 Å². The molecule has 0 spiro atoms. The van der Waals surface area contributed by atoms with Gasteiger partial charge in [0.2, 0.25) is 0 Å². The summed E-state index contributed by atoms with van der Waals surface area (Å²) in [5.74, 6) is -0.853. The lowest BCUT2D eigenvalue weighted by molar-refractivity contribution is 0.00578. The Morgan fingerprint density at radius 1 is 1.04 bits per heavy atom. The molecule has 0 atom stereocenters. The molecule has 1 aromatic carbocycles. The lowest BCUT2D eigenvalue weighted by Gasteiger charge is -2.33. The summed E-state index contributed by atoms with van der Waals surface area (Å²) < 4.78 is 57.5. The fourth-order valence-electron chi connectivity index (χ4n) is 3.44. The molecule has 150 valence electrons. The minimum absolute atomic E-state index is 0.0872. The van der Waals surface area contributed by atoms with Crippen molar-refractivity contribution in [1.82, 2.24) is 0 Å². The Bertz CT molecular complexity index is 799. The minimum atomic E-state index is -3.75. The molecule has 0 radical (unpaired) electrons. The van der Waals surface area contributed by atoms with Gasteiger partial charge < -0.3 is 14.0 Å². The van der Waals surface area contributed by atoms with E-state index in [1.165, 1.54) is 12.1 Å². The van der Waals surface area contributed by atoms with E-state index in [2.05, 4.69) is 0 Å². The smallest absolute Gasteiger partial charge is 0.399 e. The zero-order valence-electron chi connectivity index (χ0n) is 16.7. The Hall–Kier alpha value is -0.955. The van der Waals surface area contributed by atoms with Crippen LogP contribution in [0.3, 0.4) is 0 Å². The molecule has 0 aliphatic carbocycles. The largest absolute Gasteiger partial charge is 0.494 e. The molecule has 1 aromatic rings. The normalized spacial score (nSPS) is 24.1. The summed E-state index contributed by atoms with van der Waals surface area (Å²) in [7, 11) is -4.47. The maximum atomic E-state index is 14.7. The first-order valence-corrected chi connectivity index (χ1v) is 11.0. The van der Waals surface area contributed by atoms with Crippen LogP contribution in [-0.2, 0) is 23.9 Å². The third-order valence-corrected chi connectivity index (χ3v) is 8.13. The molecule has 2 fully saturated rings. The molecule has 2 saturated heterocycles. The molecular formula is C19H28BFO5S. The van der Waals surface area contributed by atoms with E-state index in [0.29, 0.717) is 31.5 Å². The van der Waals surface area contributed by atoms with Crippen LogP contribution in [0.25, 0.3) is 0 Å². The van der Waals surface area contributed by atoms with Gasteiger partial charge in [0.25, 0.3) is 0 Å². The third kappa shape index (κ3) is 4.09. The van der Waals surface area contributed by atoms with E-state index in [-0.39, 0.29) is 10.6 Å². The average molecular weight is 398 g/mol. The van der Waals surface area contributed by atoms with Gasteiger partial charge in [-0.25, -0.2) is 12.8 Å². The number of hydrogen-bond donors (Lipinski definition) is 0. The highest BCUT2D eigenvalue weighted by Crippen LogP contribution is 2.37. The van der Waals surface area contributed by atoms with E-state index in [1.54, 1.807) is 6.07 Å². The maximum absolute atomic E-state index is 14.7. The molecule has 2 heterocycles. The van der Waals surface area contributed by atoms with Gasteiger partial charge in [-0.1, -0.05) is 13.0 Å². The SMILES string of the molecule is CC1(CS(=O)(=O)c2ccc(B3OC(C)(C)C(C)(C)O3)cc2F)CCOCC1. The van der Waals surface area contributed by atoms with Gasteiger partial charge in [0.05, 0.1) is 17.0 Å². The molecule has 2 aliphatic rings. The molecular weight excluding hydrogens is 370 g/mol. The third-order valence-electron chi connectivity index (χ3n) is 6.05. The summed E-state index contributed by atoms with van der Waals surface area (Å²) in [5.41, 5.74) is -1.01. The first-order valence-electron chi connectivity index (χ1n) is 9.31. The minimum Gasteiger partial charge on any atom is -0.399 e. The monoisotopic (exact) mass is 398 g/mol. The van der Waals surface area contributed by atoms with Gasteiger partial charge in [-0.05, 0) is 63.5 Å². The summed E-state index contributed by atoms with van der Waals surface area (Å²) >= 11 is 0. The Morgan fingerprint density at radius 2 is 1.59 bits per heavy atom. The van der Waals surface area contributed by atoms with Crippen LogP contribution in [0.4, 0.5) is 4.39 Å². The number of rotatable bonds is 4. The fourth-order valence-corrected chi connectivity index (χ4v) is 5.43. The maximum Gasteiger partial charge on any atom is 0.494 e. The average Bonchev–Trinajstić information content (AvgIpc) is 2.74. The topological polar surface area (TPSA) is 61.8 Å². The van der Waals surface area contributed by atoms with Gasteiger partial charge in [0.1, 0.15) is 10.7 Å². The van der Waals surface area contributed by atoms with E-state index >= 15 is 0 Å². The molecule has 3 rings (SSSR count). The van der Waals surface area contributed by atoms with Crippen LogP contribution in [-0.4, -0.2) is 45.7 Å². The van der Waals surface area contributed by atoms with Crippen molar-refractivity contribution in [2.45, 2.75) is 63.6 Å². The second kappa shape index (κ2) is 6.83. The highest BCUT2D eigenvalue weighted by molar-refractivity contribution is 7.91. The Balaban J connectivity index is 1.83. The van der Waals surface area contributed by atoms with Crippen LogP contribution in [0.2, 0.25) is 0 Å². The van der Waals surface area contributed by atoms with Crippen LogP contribution < -0.4 is 5.46 Å². The lowest BCUT2D eigenvalue weighted by atomic mass is 9.79. The molecule has 0 amide bonds. The zero-order chi connectivity index (χ0) is 20.1. The van der Waals surface area contributed by atoms with E-state index in [1.807, 2.05) is 34.6 Å². The predicted molar refractivity (Wildman–Crippen MR) is 102 cm³/mol. The molecule has 5 nitrogen and oxygen atoms in total. The molecule has 0 saturated carbocycles. The van der Waals surface area contributed by atoms with Crippen LogP contribution >= 0.6 is 0 Å². The van der Waals surface area contributed by atoms with E-state index in [9.17, 15) is 12.8 Å². The summed E-state index contributed by atoms with van der Waals surface area (Å²) in [5, 5.41) is 0. The van der Waals surface area contributed by atoms with Crippen molar-refractivity contribution in [2.24, 2.45) is 5.41 Å². The van der Waals surface area contributed by atoms with Crippen molar-refractivity contribution in [3.8, 4) is 0 Å². The van der Waals surface area contributed by atoms with Crippen molar-refractivity contribution in [1.29, 1.82) is 0 Å².